The average Bonchev–Trinajstić information content (AvgIpc) is 2.74. The van der Waals surface area contributed by atoms with Crippen molar-refractivity contribution in [2.75, 3.05) is 13.2 Å². The van der Waals surface area contributed by atoms with Crippen molar-refractivity contribution >= 4 is 24.7 Å². The number of benzene rings is 2. The summed E-state index contributed by atoms with van der Waals surface area (Å²) in [5.74, 6) is -0.245. The Morgan fingerprint density at radius 2 is 1.38 bits per heavy atom. The molecule has 0 atom stereocenters. The van der Waals surface area contributed by atoms with Crippen molar-refractivity contribution in [2.45, 2.75) is 59.4 Å². The van der Waals surface area contributed by atoms with Crippen LogP contribution in [0.4, 0.5) is 0 Å². The van der Waals surface area contributed by atoms with Gasteiger partial charge < -0.3 is 9.16 Å². The van der Waals surface area contributed by atoms with E-state index in [1.165, 1.54) is 28.4 Å². The van der Waals surface area contributed by atoms with E-state index in [1.807, 2.05) is 6.08 Å². The quantitative estimate of drug-likeness (QED) is 0.261. The van der Waals surface area contributed by atoms with Crippen molar-refractivity contribution in [3.8, 4) is 0 Å². The third-order valence-electron chi connectivity index (χ3n) is 5.68. The van der Waals surface area contributed by atoms with Gasteiger partial charge in [0, 0.05) is 6.92 Å². The standard InChI is InChI=1S/C28H38O3Si/c1-23(20-21-30-25(3)29)14-13-15-24(2)22-31-32(28(4,5)6,26-16-9-7-10-17-26)27-18-11-8-12-19-27/h7-12,15-20H,13-14,21-22H2,1-6H3/b23-20?,24-15+. The molecule has 0 saturated heterocycles. The van der Waals surface area contributed by atoms with Crippen molar-refractivity contribution in [3.63, 3.8) is 0 Å². The summed E-state index contributed by atoms with van der Waals surface area (Å²) in [6.07, 6.45) is 6.13. The monoisotopic (exact) mass is 450 g/mol. The highest BCUT2D eigenvalue weighted by molar-refractivity contribution is 6.99. The van der Waals surface area contributed by atoms with Gasteiger partial charge in [0.15, 0.2) is 0 Å². The molecule has 0 spiro atoms. The second kappa shape index (κ2) is 12.0. The number of hydrogen-bond acceptors (Lipinski definition) is 3. The van der Waals surface area contributed by atoms with Crippen LogP contribution in [0, 0.1) is 0 Å². The van der Waals surface area contributed by atoms with Crippen LogP contribution in [0.2, 0.25) is 5.04 Å². The highest BCUT2D eigenvalue weighted by Gasteiger charge is 2.50. The van der Waals surface area contributed by atoms with Gasteiger partial charge in [-0.05, 0) is 48.2 Å². The first-order valence-electron chi connectivity index (χ1n) is 11.4. The minimum atomic E-state index is -2.50. The fourth-order valence-corrected chi connectivity index (χ4v) is 8.59. The maximum Gasteiger partial charge on any atom is 0.302 e. The predicted molar refractivity (Wildman–Crippen MR) is 137 cm³/mol. The summed E-state index contributed by atoms with van der Waals surface area (Å²) in [6, 6.07) is 21.5. The van der Waals surface area contributed by atoms with Crippen molar-refractivity contribution in [3.05, 3.63) is 84.0 Å². The minimum Gasteiger partial charge on any atom is -0.462 e. The Bertz CT molecular complexity index is 869. The van der Waals surface area contributed by atoms with Gasteiger partial charge >= 0.3 is 5.97 Å². The van der Waals surface area contributed by atoms with Crippen LogP contribution in [0.25, 0.3) is 0 Å². The molecule has 0 bridgehead atoms. The number of allylic oxidation sites excluding steroid dienone is 2. The maximum absolute atomic E-state index is 10.9. The summed E-state index contributed by atoms with van der Waals surface area (Å²) in [4.78, 5) is 10.9. The lowest BCUT2D eigenvalue weighted by Gasteiger charge is -2.43. The molecule has 0 N–H and O–H groups in total. The second-order valence-corrected chi connectivity index (χ2v) is 13.7. The minimum absolute atomic E-state index is 0.0218. The Morgan fingerprint density at radius 3 is 1.84 bits per heavy atom. The number of hydrogen-bond donors (Lipinski definition) is 0. The maximum atomic E-state index is 10.9. The highest BCUT2D eigenvalue weighted by atomic mass is 28.4. The third kappa shape index (κ3) is 7.04. The fraction of sp³-hybridized carbons (Fsp3) is 0.393. The molecule has 32 heavy (non-hydrogen) atoms. The molecule has 2 aromatic rings. The van der Waals surface area contributed by atoms with Crippen LogP contribution in [0.3, 0.4) is 0 Å². The summed E-state index contributed by atoms with van der Waals surface area (Å²) in [5.41, 5.74) is 2.47. The van der Waals surface area contributed by atoms with E-state index in [1.54, 1.807) is 0 Å². The zero-order chi connectivity index (χ0) is 23.6. The van der Waals surface area contributed by atoms with Gasteiger partial charge in [0.25, 0.3) is 8.32 Å². The molecule has 4 heteroatoms. The molecule has 0 aliphatic carbocycles. The lowest BCUT2D eigenvalue weighted by Crippen LogP contribution is -2.66. The first-order valence-corrected chi connectivity index (χ1v) is 13.3. The van der Waals surface area contributed by atoms with E-state index in [9.17, 15) is 4.79 Å². The molecular formula is C28H38O3Si. The molecule has 2 rings (SSSR count). The first-order chi connectivity index (χ1) is 15.2. The van der Waals surface area contributed by atoms with Crippen LogP contribution in [-0.2, 0) is 14.0 Å². The Hall–Kier alpha value is -2.43. The molecule has 0 radical (unpaired) electrons. The highest BCUT2D eigenvalue weighted by Crippen LogP contribution is 2.37. The topological polar surface area (TPSA) is 35.5 Å². The van der Waals surface area contributed by atoms with Crippen molar-refractivity contribution in [1.82, 2.24) is 0 Å². The number of esters is 1. The van der Waals surface area contributed by atoms with Crippen LogP contribution in [0.5, 0.6) is 0 Å². The SMILES string of the molecule is CC(=O)OCC=C(C)CC/C=C(\C)CO[Si](c1ccccc1)(c1ccccc1)C(C)(C)C. The lowest BCUT2D eigenvalue weighted by molar-refractivity contribution is -0.139. The van der Waals surface area contributed by atoms with Crippen molar-refractivity contribution in [2.24, 2.45) is 0 Å². The molecule has 0 unspecified atom stereocenters. The molecule has 0 fully saturated rings. The van der Waals surface area contributed by atoms with Gasteiger partial charge in [-0.2, -0.15) is 0 Å². The summed E-state index contributed by atoms with van der Waals surface area (Å²) < 4.78 is 12.0. The lowest BCUT2D eigenvalue weighted by atomic mass is 10.1. The zero-order valence-corrected chi connectivity index (χ0v) is 21.5. The van der Waals surface area contributed by atoms with Gasteiger partial charge in [0.2, 0.25) is 0 Å². The van der Waals surface area contributed by atoms with E-state index in [0.717, 1.165) is 12.8 Å². The van der Waals surface area contributed by atoms with Crippen LogP contribution < -0.4 is 10.4 Å². The van der Waals surface area contributed by atoms with Crippen LogP contribution >= 0.6 is 0 Å². The zero-order valence-electron chi connectivity index (χ0n) is 20.5. The Morgan fingerprint density at radius 1 is 0.844 bits per heavy atom. The van der Waals surface area contributed by atoms with Crippen LogP contribution in [-0.4, -0.2) is 27.5 Å². The molecular weight excluding hydrogens is 412 g/mol. The van der Waals surface area contributed by atoms with Crippen LogP contribution in [0.1, 0.15) is 54.4 Å². The Balaban J connectivity index is 2.19. The average molecular weight is 451 g/mol. The summed E-state index contributed by atoms with van der Waals surface area (Å²) >= 11 is 0. The summed E-state index contributed by atoms with van der Waals surface area (Å²) in [7, 11) is -2.50. The molecule has 2 aromatic carbocycles. The Labute approximate surface area is 195 Å². The van der Waals surface area contributed by atoms with Crippen molar-refractivity contribution in [1.29, 1.82) is 0 Å². The van der Waals surface area contributed by atoms with Gasteiger partial charge in [-0.15, -0.1) is 0 Å². The normalized spacial score (nSPS) is 13.2. The van der Waals surface area contributed by atoms with E-state index in [4.69, 9.17) is 9.16 Å². The van der Waals surface area contributed by atoms with E-state index < -0.39 is 8.32 Å². The van der Waals surface area contributed by atoms with E-state index >= 15 is 0 Å². The summed E-state index contributed by atoms with van der Waals surface area (Å²) in [6.45, 7) is 13.5. The molecule has 0 saturated carbocycles. The molecule has 172 valence electrons. The number of carbonyl (C=O) groups excluding carboxylic acids is 1. The molecule has 3 nitrogen and oxygen atoms in total. The molecule has 0 aromatic heterocycles. The number of rotatable bonds is 10. The fourth-order valence-electron chi connectivity index (χ4n) is 3.99. The summed E-state index contributed by atoms with van der Waals surface area (Å²) in [5, 5.41) is 2.58. The number of carbonyl (C=O) groups is 1. The van der Waals surface area contributed by atoms with Crippen molar-refractivity contribution < 1.29 is 14.0 Å². The van der Waals surface area contributed by atoms with Gasteiger partial charge in [0.05, 0.1) is 6.61 Å². The van der Waals surface area contributed by atoms with E-state index in [0.29, 0.717) is 13.2 Å². The van der Waals surface area contributed by atoms with Crippen LogP contribution in [0.15, 0.2) is 84.0 Å². The van der Waals surface area contributed by atoms with E-state index in [2.05, 4.69) is 101 Å². The first kappa shape index (κ1) is 25.8. The molecule has 0 aliphatic rings. The van der Waals surface area contributed by atoms with Gasteiger partial charge in [-0.3, -0.25) is 4.79 Å². The number of ether oxygens (including phenoxy) is 1. The largest absolute Gasteiger partial charge is 0.462 e. The Kier molecular flexibility index (Phi) is 9.67. The third-order valence-corrected chi connectivity index (χ3v) is 10.7. The van der Waals surface area contributed by atoms with Gasteiger partial charge in [-0.25, -0.2) is 0 Å². The van der Waals surface area contributed by atoms with Gasteiger partial charge in [0.1, 0.15) is 6.61 Å². The second-order valence-electron chi connectivity index (χ2n) is 9.39. The van der Waals surface area contributed by atoms with Gasteiger partial charge in [-0.1, -0.05) is 98.7 Å². The smallest absolute Gasteiger partial charge is 0.302 e. The molecule has 0 heterocycles. The molecule has 0 amide bonds. The van der Waals surface area contributed by atoms with E-state index in [-0.39, 0.29) is 11.0 Å². The predicted octanol–water partition coefficient (Wildman–Crippen LogP) is 5.80. The molecule has 0 aliphatic heterocycles.